The van der Waals surface area contributed by atoms with Crippen LogP contribution in [0.5, 0.6) is 5.75 Å². The molecule has 0 aromatic heterocycles. The van der Waals surface area contributed by atoms with Gasteiger partial charge in [-0.05, 0) is 30.0 Å². The van der Waals surface area contributed by atoms with Crippen molar-refractivity contribution in [2.24, 2.45) is 5.92 Å². The van der Waals surface area contributed by atoms with Gasteiger partial charge in [0.15, 0.2) is 0 Å². The van der Waals surface area contributed by atoms with Crippen molar-refractivity contribution < 1.29 is 14.3 Å². The fourth-order valence-electron chi connectivity index (χ4n) is 3.54. The minimum absolute atomic E-state index is 0.137. The van der Waals surface area contributed by atoms with E-state index in [-0.39, 0.29) is 17.7 Å². The van der Waals surface area contributed by atoms with E-state index in [1.54, 1.807) is 7.11 Å². The standard InChI is InChI=1S/C24H28N2O3/c1-18(17-26-14-8-13-23(26)27)16-25-24(28)21(19-9-4-3-5-10-19)15-20-11-6-7-12-22(20)29-2/h3-7,9-12,15,18H,8,13-14,16-17H2,1-2H3,(H,25,28)/b21-15+/t18-/m0/s1. The van der Waals surface area contributed by atoms with Gasteiger partial charge in [0, 0.05) is 37.2 Å². The van der Waals surface area contributed by atoms with Gasteiger partial charge >= 0.3 is 0 Å². The van der Waals surface area contributed by atoms with E-state index in [1.165, 1.54) is 0 Å². The monoisotopic (exact) mass is 392 g/mol. The van der Waals surface area contributed by atoms with Crippen LogP contribution >= 0.6 is 0 Å². The molecule has 3 rings (SSSR count). The van der Waals surface area contributed by atoms with Crippen molar-refractivity contribution in [1.82, 2.24) is 10.2 Å². The Morgan fingerprint density at radius 3 is 2.59 bits per heavy atom. The summed E-state index contributed by atoms with van der Waals surface area (Å²) in [6, 6.07) is 17.2. The van der Waals surface area contributed by atoms with Crippen LogP contribution in [0.4, 0.5) is 0 Å². The summed E-state index contributed by atoms with van der Waals surface area (Å²) in [4.78, 5) is 26.8. The lowest BCUT2D eigenvalue weighted by Gasteiger charge is -2.21. The number of likely N-dealkylation sites (tertiary alicyclic amines) is 1. The highest BCUT2D eigenvalue weighted by Gasteiger charge is 2.22. The van der Waals surface area contributed by atoms with Gasteiger partial charge in [-0.3, -0.25) is 9.59 Å². The van der Waals surface area contributed by atoms with Crippen LogP contribution in [0, 0.1) is 5.92 Å². The summed E-state index contributed by atoms with van der Waals surface area (Å²) >= 11 is 0. The summed E-state index contributed by atoms with van der Waals surface area (Å²) in [5.41, 5.74) is 2.28. The van der Waals surface area contributed by atoms with Gasteiger partial charge in [-0.25, -0.2) is 0 Å². The Morgan fingerprint density at radius 2 is 1.90 bits per heavy atom. The number of amides is 2. The molecule has 5 heteroatoms. The van der Waals surface area contributed by atoms with Crippen molar-refractivity contribution in [1.29, 1.82) is 0 Å². The van der Waals surface area contributed by atoms with E-state index in [1.807, 2.05) is 65.6 Å². The number of rotatable bonds is 8. The molecule has 1 fully saturated rings. The van der Waals surface area contributed by atoms with Gasteiger partial charge in [-0.15, -0.1) is 0 Å². The molecule has 2 aromatic rings. The van der Waals surface area contributed by atoms with E-state index >= 15 is 0 Å². The molecule has 1 N–H and O–H groups in total. The van der Waals surface area contributed by atoms with E-state index in [4.69, 9.17) is 4.74 Å². The first-order chi connectivity index (χ1) is 14.1. The van der Waals surface area contributed by atoms with E-state index < -0.39 is 0 Å². The van der Waals surface area contributed by atoms with Gasteiger partial charge in [0.25, 0.3) is 5.91 Å². The van der Waals surface area contributed by atoms with Gasteiger partial charge in [0.2, 0.25) is 5.91 Å². The molecule has 2 amide bonds. The highest BCUT2D eigenvalue weighted by atomic mass is 16.5. The molecule has 0 spiro atoms. The molecule has 0 bridgehead atoms. The maximum Gasteiger partial charge on any atom is 0.251 e. The molecule has 1 atom stereocenters. The zero-order valence-corrected chi connectivity index (χ0v) is 17.1. The number of methoxy groups -OCH3 is 1. The Morgan fingerprint density at radius 1 is 1.17 bits per heavy atom. The minimum atomic E-state index is -0.137. The largest absolute Gasteiger partial charge is 0.496 e. The Hall–Kier alpha value is -3.08. The van der Waals surface area contributed by atoms with E-state index in [0.717, 1.165) is 29.8 Å². The van der Waals surface area contributed by atoms with Crippen molar-refractivity contribution >= 4 is 23.5 Å². The number of carbonyl (C=O) groups is 2. The molecule has 1 aliphatic rings. The van der Waals surface area contributed by atoms with Crippen LogP contribution in [0.25, 0.3) is 11.6 Å². The third-order valence-corrected chi connectivity index (χ3v) is 5.08. The zero-order chi connectivity index (χ0) is 20.6. The Bertz CT molecular complexity index is 877. The van der Waals surface area contributed by atoms with Crippen LogP contribution in [-0.4, -0.2) is 43.5 Å². The summed E-state index contributed by atoms with van der Waals surface area (Å²) in [6.07, 6.45) is 3.43. The third kappa shape index (κ3) is 5.47. The van der Waals surface area contributed by atoms with Gasteiger partial charge in [0.05, 0.1) is 7.11 Å². The summed E-state index contributed by atoms with van der Waals surface area (Å²) in [5, 5.41) is 3.04. The van der Waals surface area contributed by atoms with Crippen LogP contribution in [0.2, 0.25) is 0 Å². The molecule has 1 aliphatic heterocycles. The van der Waals surface area contributed by atoms with Crippen molar-refractivity contribution in [3.8, 4) is 5.75 Å². The zero-order valence-electron chi connectivity index (χ0n) is 17.1. The number of ether oxygens (including phenoxy) is 1. The molecular weight excluding hydrogens is 364 g/mol. The number of benzene rings is 2. The number of para-hydroxylation sites is 1. The van der Waals surface area contributed by atoms with E-state index in [2.05, 4.69) is 12.2 Å². The summed E-state index contributed by atoms with van der Waals surface area (Å²) in [7, 11) is 1.62. The molecule has 0 saturated carbocycles. The molecule has 0 radical (unpaired) electrons. The van der Waals surface area contributed by atoms with Gasteiger partial charge in [-0.1, -0.05) is 55.5 Å². The lowest BCUT2D eigenvalue weighted by molar-refractivity contribution is -0.128. The first kappa shape index (κ1) is 20.6. The van der Waals surface area contributed by atoms with Gasteiger partial charge in [-0.2, -0.15) is 0 Å². The Balaban J connectivity index is 1.75. The van der Waals surface area contributed by atoms with Crippen molar-refractivity contribution in [3.05, 3.63) is 65.7 Å². The minimum Gasteiger partial charge on any atom is -0.496 e. The molecule has 152 valence electrons. The lowest BCUT2D eigenvalue weighted by atomic mass is 10.0. The second-order valence-corrected chi connectivity index (χ2v) is 7.42. The predicted molar refractivity (Wildman–Crippen MR) is 115 cm³/mol. The summed E-state index contributed by atoms with van der Waals surface area (Å²) in [6.45, 7) is 4.06. The molecule has 1 saturated heterocycles. The maximum atomic E-state index is 13.1. The Labute approximate surface area is 172 Å². The fourth-order valence-corrected chi connectivity index (χ4v) is 3.54. The number of nitrogens with one attached hydrogen (secondary N) is 1. The molecule has 29 heavy (non-hydrogen) atoms. The van der Waals surface area contributed by atoms with Gasteiger partial charge in [0.1, 0.15) is 5.75 Å². The molecule has 0 aliphatic carbocycles. The predicted octanol–water partition coefficient (Wildman–Crippen LogP) is 3.61. The first-order valence-corrected chi connectivity index (χ1v) is 10.0. The topological polar surface area (TPSA) is 58.6 Å². The van der Waals surface area contributed by atoms with Crippen molar-refractivity contribution in [2.75, 3.05) is 26.7 Å². The van der Waals surface area contributed by atoms with E-state index in [9.17, 15) is 9.59 Å². The quantitative estimate of drug-likeness (QED) is 0.551. The first-order valence-electron chi connectivity index (χ1n) is 10.0. The Kier molecular flexibility index (Phi) is 7.06. The van der Waals surface area contributed by atoms with Crippen molar-refractivity contribution in [2.45, 2.75) is 19.8 Å². The molecule has 2 aromatic carbocycles. The third-order valence-electron chi connectivity index (χ3n) is 5.08. The van der Waals surface area contributed by atoms with Crippen LogP contribution in [0.15, 0.2) is 54.6 Å². The number of nitrogens with zero attached hydrogens (tertiary/aromatic N) is 1. The highest BCUT2D eigenvalue weighted by molar-refractivity contribution is 6.24. The molecule has 1 heterocycles. The molecule has 0 unspecified atom stereocenters. The lowest BCUT2D eigenvalue weighted by Crippen LogP contribution is -2.36. The summed E-state index contributed by atoms with van der Waals surface area (Å²) < 4.78 is 5.43. The maximum absolute atomic E-state index is 13.1. The number of hydrogen-bond donors (Lipinski definition) is 1. The van der Waals surface area contributed by atoms with Gasteiger partial charge < -0.3 is 15.0 Å². The van der Waals surface area contributed by atoms with Crippen molar-refractivity contribution in [3.63, 3.8) is 0 Å². The summed E-state index contributed by atoms with van der Waals surface area (Å²) in [5.74, 6) is 0.977. The second kappa shape index (κ2) is 9.92. The average Bonchev–Trinajstić information content (AvgIpc) is 3.15. The average molecular weight is 392 g/mol. The molecule has 5 nitrogen and oxygen atoms in total. The van der Waals surface area contributed by atoms with Crippen LogP contribution in [0.3, 0.4) is 0 Å². The SMILES string of the molecule is COc1ccccc1/C=C(/C(=O)NC[C@H](C)CN1CCCC1=O)c1ccccc1. The fraction of sp³-hybridized carbons (Fsp3) is 0.333. The number of carbonyl (C=O) groups excluding carboxylic acids is 2. The molecular formula is C24H28N2O3. The van der Waals surface area contributed by atoms with Crippen LogP contribution in [-0.2, 0) is 9.59 Å². The van der Waals surface area contributed by atoms with Crippen LogP contribution in [0.1, 0.15) is 30.9 Å². The smallest absolute Gasteiger partial charge is 0.251 e. The highest BCUT2D eigenvalue weighted by Crippen LogP contribution is 2.25. The second-order valence-electron chi connectivity index (χ2n) is 7.42. The number of hydrogen-bond acceptors (Lipinski definition) is 3. The van der Waals surface area contributed by atoms with E-state index in [0.29, 0.717) is 25.1 Å². The van der Waals surface area contributed by atoms with Crippen LogP contribution < -0.4 is 10.1 Å². The normalized spacial score (nSPS) is 15.3.